The van der Waals surface area contributed by atoms with E-state index in [1.165, 1.54) is 0 Å². The Bertz CT molecular complexity index is 1150. The van der Waals surface area contributed by atoms with E-state index < -0.39 is 24.1 Å². The van der Waals surface area contributed by atoms with Crippen LogP contribution >= 0.6 is 0 Å². The van der Waals surface area contributed by atoms with Gasteiger partial charge in [0.25, 0.3) is 0 Å². The van der Waals surface area contributed by atoms with E-state index in [4.69, 9.17) is 4.74 Å². The van der Waals surface area contributed by atoms with Crippen molar-refractivity contribution in [3.63, 3.8) is 0 Å². The summed E-state index contributed by atoms with van der Waals surface area (Å²) in [7, 11) is 1.91. The molecule has 3 aliphatic heterocycles. The molecule has 8 nitrogen and oxygen atoms in total. The maximum atomic E-state index is 14.1. The zero-order valence-electron chi connectivity index (χ0n) is 22.6. The highest BCUT2D eigenvalue weighted by Gasteiger charge is 2.47. The summed E-state index contributed by atoms with van der Waals surface area (Å²) in [5.41, 5.74) is 1.66. The van der Waals surface area contributed by atoms with Gasteiger partial charge in [0.1, 0.15) is 11.8 Å². The summed E-state index contributed by atoms with van der Waals surface area (Å²) < 4.78 is 6.52. The molecule has 0 saturated carbocycles. The second kappa shape index (κ2) is 12.3. The molecule has 0 spiro atoms. The molecule has 4 atom stereocenters. The monoisotopic (exact) mass is 518 g/mol. The van der Waals surface area contributed by atoms with Crippen LogP contribution in [-0.4, -0.2) is 59.4 Å². The average Bonchev–Trinajstić information content (AvgIpc) is 3.18. The number of amides is 3. The van der Waals surface area contributed by atoms with E-state index in [9.17, 15) is 14.4 Å². The van der Waals surface area contributed by atoms with Gasteiger partial charge in [0.05, 0.1) is 12.7 Å². The first-order valence-corrected chi connectivity index (χ1v) is 13.4. The smallest absolute Gasteiger partial charge is 0.247 e. The number of rotatable bonds is 6. The number of benzene rings is 2. The molecule has 0 aliphatic carbocycles. The Morgan fingerprint density at radius 2 is 1.71 bits per heavy atom. The lowest BCUT2D eigenvalue weighted by molar-refractivity contribution is -0.143. The quantitative estimate of drug-likeness (QED) is 0.609. The van der Waals surface area contributed by atoms with Gasteiger partial charge in [0.2, 0.25) is 17.7 Å². The summed E-state index contributed by atoms with van der Waals surface area (Å²) in [6.45, 7) is 6.15. The molecule has 2 bridgehead atoms. The van der Waals surface area contributed by atoms with Gasteiger partial charge in [0, 0.05) is 6.20 Å². The molecular weight excluding hydrogens is 480 g/mol. The topological polar surface area (TPSA) is 91.0 Å². The van der Waals surface area contributed by atoms with Crippen molar-refractivity contribution in [2.75, 3.05) is 13.7 Å². The fourth-order valence-corrected chi connectivity index (χ4v) is 5.04. The van der Waals surface area contributed by atoms with Crippen molar-refractivity contribution in [3.8, 4) is 5.75 Å². The van der Waals surface area contributed by atoms with Gasteiger partial charge in [0.15, 0.2) is 12.1 Å². The molecule has 2 N–H and O–H groups in total. The third kappa shape index (κ3) is 6.07. The minimum atomic E-state index is -0.994. The molecule has 3 heterocycles. The molecule has 0 aromatic heterocycles. The number of fused-ring (bicyclic) bond motifs is 10. The number of nitrogens with zero attached hydrogens (tertiary/aromatic N) is 2. The third-order valence-electron chi connectivity index (χ3n) is 7.22. The van der Waals surface area contributed by atoms with Crippen LogP contribution in [0.3, 0.4) is 0 Å². The maximum absolute atomic E-state index is 14.1. The lowest BCUT2D eigenvalue weighted by Gasteiger charge is -2.35. The van der Waals surface area contributed by atoms with Crippen molar-refractivity contribution in [2.24, 2.45) is 5.92 Å². The van der Waals surface area contributed by atoms with Gasteiger partial charge in [-0.2, -0.15) is 0 Å². The van der Waals surface area contributed by atoms with Crippen molar-refractivity contribution < 1.29 is 19.1 Å². The van der Waals surface area contributed by atoms with E-state index in [0.717, 1.165) is 30.4 Å². The van der Waals surface area contributed by atoms with Crippen LogP contribution in [0.5, 0.6) is 5.75 Å². The van der Waals surface area contributed by atoms with Gasteiger partial charge >= 0.3 is 0 Å². The molecule has 0 radical (unpaired) electrons. The second-order valence-corrected chi connectivity index (χ2v) is 10.4. The van der Waals surface area contributed by atoms with Gasteiger partial charge in [-0.25, -0.2) is 0 Å². The number of nitrogens with one attached hydrogen (secondary N) is 2. The molecule has 4 unspecified atom stereocenters. The maximum Gasteiger partial charge on any atom is 0.247 e. The van der Waals surface area contributed by atoms with Gasteiger partial charge in [-0.05, 0) is 48.7 Å². The minimum absolute atomic E-state index is 0.101. The molecule has 1 saturated heterocycles. The summed E-state index contributed by atoms with van der Waals surface area (Å²) in [6, 6.07) is 14.8. The molecule has 3 amide bonds. The van der Waals surface area contributed by atoms with Crippen LogP contribution in [0, 0.1) is 5.92 Å². The van der Waals surface area contributed by atoms with Gasteiger partial charge in [-0.15, -0.1) is 0 Å². The molecular formula is C30H38N4O4. The molecule has 2 aromatic rings. The minimum Gasteiger partial charge on any atom is -0.483 e. The predicted octanol–water partition coefficient (Wildman–Crippen LogP) is 3.71. The number of unbranched alkanes of at least 4 members (excludes halogenated alkanes) is 1. The predicted molar refractivity (Wildman–Crippen MR) is 147 cm³/mol. The summed E-state index contributed by atoms with van der Waals surface area (Å²) in [4.78, 5) is 44.6. The highest BCUT2D eigenvalue weighted by Crippen LogP contribution is 2.32. The van der Waals surface area contributed by atoms with Crippen molar-refractivity contribution in [3.05, 3.63) is 71.9 Å². The first kappa shape index (κ1) is 27.4. The lowest BCUT2D eigenvalue weighted by Crippen LogP contribution is -2.58. The Morgan fingerprint density at radius 1 is 1.00 bits per heavy atom. The normalized spacial score (nSPS) is 24.8. The van der Waals surface area contributed by atoms with Crippen LogP contribution in [0.4, 0.5) is 0 Å². The summed E-state index contributed by atoms with van der Waals surface area (Å²) in [6.07, 6.45) is 5.19. The number of carbonyl (C=O) groups is 3. The van der Waals surface area contributed by atoms with Crippen LogP contribution in [0.2, 0.25) is 0 Å². The van der Waals surface area contributed by atoms with E-state index >= 15 is 0 Å². The third-order valence-corrected chi connectivity index (χ3v) is 7.22. The van der Waals surface area contributed by atoms with E-state index in [-0.39, 0.29) is 30.4 Å². The fraction of sp³-hybridized carbons (Fsp3) is 0.433. The Hall–Kier alpha value is -3.65. The first-order chi connectivity index (χ1) is 18.3. The Kier molecular flexibility index (Phi) is 8.84. The molecule has 38 heavy (non-hydrogen) atoms. The van der Waals surface area contributed by atoms with E-state index in [2.05, 4.69) is 17.6 Å². The zero-order valence-corrected chi connectivity index (χ0v) is 22.6. The summed E-state index contributed by atoms with van der Waals surface area (Å²) in [5, 5.41) is 5.75. The van der Waals surface area contributed by atoms with Gasteiger partial charge < -0.3 is 20.3 Å². The van der Waals surface area contributed by atoms with Crippen molar-refractivity contribution in [1.29, 1.82) is 0 Å². The van der Waals surface area contributed by atoms with E-state index in [1.807, 2.05) is 80.4 Å². The first-order valence-electron chi connectivity index (χ1n) is 13.4. The molecule has 3 aliphatic rings. The molecule has 1 fully saturated rings. The van der Waals surface area contributed by atoms with Gasteiger partial charge in [-0.1, -0.05) is 76.1 Å². The van der Waals surface area contributed by atoms with Crippen LogP contribution < -0.4 is 15.4 Å². The largest absolute Gasteiger partial charge is 0.483 e. The standard InChI is InChI=1S/C30H38N4O4/c1-5-6-12-24-30(37)34(19-33(24)4)26-27(22-10-8-7-9-11-22)38-23-15-13-21(14-16-23)17-18-31-28(35)25(20(2)3)32-29(26)36/h7-11,13-18,20,24-27H,5-6,12,19H2,1-4H3,(H,31,35)(H,32,36). The Labute approximate surface area is 225 Å². The highest BCUT2D eigenvalue weighted by molar-refractivity contribution is 5.94. The van der Waals surface area contributed by atoms with Crippen LogP contribution in [0.25, 0.3) is 6.08 Å². The number of ether oxygens (including phenoxy) is 1. The zero-order chi connectivity index (χ0) is 27.2. The average molecular weight is 519 g/mol. The van der Waals surface area contributed by atoms with Crippen LogP contribution in [0.1, 0.15) is 57.3 Å². The van der Waals surface area contributed by atoms with Crippen LogP contribution in [0.15, 0.2) is 60.8 Å². The van der Waals surface area contributed by atoms with Crippen molar-refractivity contribution in [1.82, 2.24) is 20.4 Å². The molecule has 5 rings (SSSR count). The number of likely N-dealkylation sites (N-methyl/N-ethyl adjacent to an activating group) is 1. The van der Waals surface area contributed by atoms with Crippen LogP contribution in [-0.2, 0) is 14.4 Å². The summed E-state index contributed by atoms with van der Waals surface area (Å²) in [5.74, 6) is -0.443. The lowest BCUT2D eigenvalue weighted by atomic mass is 9.97. The number of carbonyl (C=O) groups excluding carboxylic acids is 3. The SMILES string of the molecule is CCCCC1C(=O)N(C2C(=O)NC(C(C)C)C(=O)NC=Cc3ccc(cc3)OC2c2ccccc2)CN1C. The van der Waals surface area contributed by atoms with Crippen molar-refractivity contribution >= 4 is 23.8 Å². The van der Waals surface area contributed by atoms with E-state index in [1.54, 1.807) is 17.2 Å². The van der Waals surface area contributed by atoms with Gasteiger partial charge in [-0.3, -0.25) is 19.3 Å². The summed E-state index contributed by atoms with van der Waals surface area (Å²) >= 11 is 0. The second-order valence-electron chi connectivity index (χ2n) is 10.4. The fourth-order valence-electron chi connectivity index (χ4n) is 5.04. The molecule has 2 aromatic carbocycles. The Morgan fingerprint density at radius 3 is 2.37 bits per heavy atom. The van der Waals surface area contributed by atoms with E-state index in [0.29, 0.717) is 5.75 Å². The molecule has 8 heteroatoms. The number of hydrogen-bond donors (Lipinski definition) is 2. The van der Waals surface area contributed by atoms with Crippen molar-refractivity contribution in [2.45, 2.75) is 64.3 Å². The highest BCUT2D eigenvalue weighted by atomic mass is 16.5. The number of hydrogen-bond acceptors (Lipinski definition) is 5. The molecule has 202 valence electrons. The Balaban J connectivity index is 1.82.